The molecule has 1 amide bonds. The molecule has 0 aliphatic heterocycles. The first kappa shape index (κ1) is 14.1. The number of carboxylic acids is 1. The summed E-state index contributed by atoms with van der Waals surface area (Å²) in [4.78, 5) is 37.8. The van der Waals surface area contributed by atoms with Gasteiger partial charge in [0.05, 0.1) is 4.88 Å². The summed E-state index contributed by atoms with van der Waals surface area (Å²) >= 11 is 1.20. The molecule has 18 heavy (non-hydrogen) atoms. The summed E-state index contributed by atoms with van der Waals surface area (Å²) in [7, 11) is 0. The molecular formula is C10H12N2O5S. The van der Waals surface area contributed by atoms with Crippen LogP contribution in [0.1, 0.15) is 22.5 Å². The van der Waals surface area contributed by atoms with Crippen molar-refractivity contribution in [2.75, 3.05) is 0 Å². The number of hydrogen-bond donors (Lipinski definition) is 3. The smallest absolute Gasteiger partial charge is 0.332 e. The predicted molar refractivity (Wildman–Crippen MR) is 62.7 cm³/mol. The number of hydroxylamine groups is 1. The Morgan fingerprint density at radius 3 is 2.78 bits per heavy atom. The van der Waals surface area contributed by atoms with Crippen molar-refractivity contribution >= 4 is 29.2 Å². The molecule has 1 aromatic heterocycles. The van der Waals surface area contributed by atoms with Gasteiger partial charge >= 0.3 is 11.9 Å². The van der Waals surface area contributed by atoms with Crippen LogP contribution in [-0.2, 0) is 14.4 Å². The zero-order chi connectivity index (χ0) is 13.5. The topological polar surface area (TPSA) is 119 Å². The molecular weight excluding hydrogens is 260 g/mol. The van der Waals surface area contributed by atoms with E-state index in [4.69, 9.17) is 10.8 Å². The first-order valence-electron chi connectivity index (χ1n) is 5.02. The Bertz CT molecular complexity index is 431. The maximum Gasteiger partial charge on any atom is 0.332 e. The van der Waals surface area contributed by atoms with E-state index in [9.17, 15) is 14.4 Å². The minimum atomic E-state index is -1.19. The molecule has 1 atom stereocenters. The second kappa shape index (κ2) is 6.72. The van der Waals surface area contributed by atoms with Gasteiger partial charge in [-0.15, -0.1) is 11.3 Å². The van der Waals surface area contributed by atoms with Crippen LogP contribution in [0.25, 0.3) is 0 Å². The summed E-state index contributed by atoms with van der Waals surface area (Å²) in [6.45, 7) is 0. The molecule has 1 rings (SSSR count). The van der Waals surface area contributed by atoms with Crippen molar-refractivity contribution in [2.45, 2.75) is 18.9 Å². The first-order valence-corrected chi connectivity index (χ1v) is 5.90. The van der Waals surface area contributed by atoms with E-state index in [1.54, 1.807) is 17.5 Å². The first-order chi connectivity index (χ1) is 8.50. The van der Waals surface area contributed by atoms with E-state index in [1.807, 2.05) is 5.48 Å². The van der Waals surface area contributed by atoms with Gasteiger partial charge in [0.2, 0.25) is 0 Å². The van der Waals surface area contributed by atoms with Crippen LogP contribution in [0.2, 0.25) is 0 Å². The van der Waals surface area contributed by atoms with Gasteiger partial charge < -0.3 is 15.7 Å². The lowest BCUT2D eigenvalue weighted by molar-refractivity contribution is -0.149. The van der Waals surface area contributed by atoms with Gasteiger partial charge in [0.1, 0.15) is 6.04 Å². The highest BCUT2D eigenvalue weighted by Gasteiger charge is 2.15. The summed E-state index contributed by atoms with van der Waals surface area (Å²) in [6.07, 6.45) is -0.235. The van der Waals surface area contributed by atoms with Gasteiger partial charge in [-0.05, 0) is 17.9 Å². The Morgan fingerprint density at radius 2 is 2.22 bits per heavy atom. The fourth-order valence-electron chi connectivity index (χ4n) is 1.01. The highest BCUT2D eigenvalue weighted by molar-refractivity contribution is 7.12. The highest BCUT2D eigenvalue weighted by Crippen LogP contribution is 2.07. The molecule has 1 aromatic rings. The molecule has 0 aromatic carbocycles. The second-order valence-electron chi connectivity index (χ2n) is 3.37. The lowest BCUT2D eigenvalue weighted by Gasteiger charge is -2.06. The van der Waals surface area contributed by atoms with Crippen molar-refractivity contribution in [3.63, 3.8) is 0 Å². The highest BCUT2D eigenvalue weighted by atomic mass is 32.1. The average Bonchev–Trinajstić information content (AvgIpc) is 2.86. The van der Waals surface area contributed by atoms with Gasteiger partial charge in [-0.1, -0.05) is 6.07 Å². The number of amides is 1. The summed E-state index contributed by atoms with van der Waals surface area (Å²) in [6, 6.07) is 2.15. The van der Waals surface area contributed by atoms with E-state index >= 15 is 0 Å². The third kappa shape index (κ3) is 4.52. The lowest BCUT2D eigenvalue weighted by Crippen LogP contribution is -2.32. The number of rotatable bonds is 5. The number of hydrogen-bond acceptors (Lipinski definition) is 6. The van der Waals surface area contributed by atoms with Crippen LogP contribution in [0.4, 0.5) is 0 Å². The molecule has 0 spiro atoms. The number of carboxylic acid groups (broad SMARTS) is 1. The normalized spacial score (nSPS) is 11.6. The van der Waals surface area contributed by atoms with E-state index in [1.165, 1.54) is 11.3 Å². The standard InChI is InChI=1S/C10H12N2O5S/c11-6(10(15)16)3-4-8(13)17-12-9(14)7-2-1-5-18-7/h1-2,5-6H,3-4,11H2,(H,12,14)(H,15,16)/t6-/m0/s1. The van der Waals surface area contributed by atoms with Crippen molar-refractivity contribution in [1.82, 2.24) is 5.48 Å². The second-order valence-corrected chi connectivity index (χ2v) is 4.31. The Hall–Kier alpha value is -1.93. The Kier molecular flexibility index (Phi) is 5.28. The van der Waals surface area contributed by atoms with E-state index in [-0.39, 0.29) is 12.8 Å². The minimum Gasteiger partial charge on any atom is -0.480 e. The van der Waals surface area contributed by atoms with Crippen LogP contribution in [0.5, 0.6) is 0 Å². The third-order valence-corrected chi connectivity index (χ3v) is 2.85. The Labute approximate surface area is 106 Å². The van der Waals surface area contributed by atoms with Crippen LogP contribution < -0.4 is 11.2 Å². The molecule has 0 aliphatic carbocycles. The summed E-state index contributed by atoms with van der Waals surface area (Å²) in [5, 5.41) is 10.2. The molecule has 0 aliphatic rings. The monoisotopic (exact) mass is 272 g/mol. The number of aliphatic carboxylic acids is 1. The van der Waals surface area contributed by atoms with E-state index in [0.29, 0.717) is 4.88 Å². The molecule has 0 unspecified atom stereocenters. The van der Waals surface area contributed by atoms with Gasteiger partial charge in [-0.3, -0.25) is 9.59 Å². The molecule has 0 fully saturated rings. The number of carbonyl (C=O) groups is 3. The molecule has 8 heteroatoms. The van der Waals surface area contributed by atoms with Gasteiger partial charge in [-0.25, -0.2) is 4.79 Å². The van der Waals surface area contributed by atoms with Gasteiger partial charge in [0, 0.05) is 6.42 Å². The maximum absolute atomic E-state index is 11.4. The number of thiophene rings is 1. The number of carbonyl (C=O) groups excluding carboxylic acids is 2. The van der Waals surface area contributed by atoms with Crippen LogP contribution in [-0.4, -0.2) is 29.0 Å². The molecule has 0 saturated heterocycles. The fourth-order valence-corrected chi connectivity index (χ4v) is 1.62. The molecule has 0 saturated carbocycles. The maximum atomic E-state index is 11.4. The van der Waals surface area contributed by atoms with Gasteiger partial charge in [0.25, 0.3) is 5.91 Å². The average molecular weight is 272 g/mol. The summed E-state index contributed by atoms with van der Waals surface area (Å²) < 4.78 is 0. The van der Waals surface area contributed by atoms with E-state index in [0.717, 1.165) is 0 Å². The minimum absolute atomic E-state index is 0.0525. The zero-order valence-electron chi connectivity index (χ0n) is 9.29. The fraction of sp³-hybridized carbons (Fsp3) is 0.300. The van der Waals surface area contributed by atoms with Crippen LogP contribution in [0.15, 0.2) is 17.5 Å². The van der Waals surface area contributed by atoms with Crippen molar-refractivity contribution in [3.8, 4) is 0 Å². The largest absolute Gasteiger partial charge is 0.480 e. The Balaban J connectivity index is 2.25. The van der Waals surface area contributed by atoms with Crippen molar-refractivity contribution in [2.24, 2.45) is 5.73 Å². The van der Waals surface area contributed by atoms with Crippen LogP contribution in [0, 0.1) is 0 Å². The van der Waals surface area contributed by atoms with E-state index in [2.05, 4.69) is 4.84 Å². The number of nitrogens with one attached hydrogen (secondary N) is 1. The zero-order valence-corrected chi connectivity index (χ0v) is 10.1. The molecule has 0 bridgehead atoms. The summed E-state index contributed by atoms with van der Waals surface area (Å²) in [5.74, 6) is -2.46. The van der Waals surface area contributed by atoms with Gasteiger partial charge in [0.15, 0.2) is 0 Å². The predicted octanol–water partition coefficient (Wildman–Crippen LogP) is 0.128. The molecule has 4 N–H and O–H groups in total. The van der Waals surface area contributed by atoms with Gasteiger partial charge in [-0.2, -0.15) is 5.48 Å². The third-order valence-electron chi connectivity index (χ3n) is 1.98. The van der Waals surface area contributed by atoms with Crippen molar-refractivity contribution in [3.05, 3.63) is 22.4 Å². The van der Waals surface area contributed by atoms with Crippen LogP contribution in [0.3, 0.4) is 0 Å². The van der Waals surface area contributed by atoms with Crippen LogP contribution >= 0.6 is 11.3 Å². The molecule has 98 valence electrons. The lowest BCUT2D eigenvalue weighted by atomic mass is 10.2. The number of nitrogens with two attached hydrogens (primary N) is 1. The van der Waals surface area contributed by atoms with Crippen molar-refractivity contribution in [1.29, 1.82) is 0 Å². The molecule has 1 heterocycles. The quantitative estimate of drug-likeness (QED) is 0.655. The SMILES string of the molecule is N[C@@H](CCC(=O)ONC(=O)c1cccs1)C(=O)O. The summed E-state index contributed by atoms with van der Waals surface area (Å²) in [5.41, 5.74) is 7.18. The molecule has 7 nitrogen and oxygen atoms in total. The Morgan fingerprint density at radius 1 is 1.50 bits per heavy atom. The molecule has 0 radical (unpaired) electrons. The van der Waals surface area contributed by atoms with E-state index < -0.39 is 23.9 Å². The van der Waals surface area contributed by atoms with Crippen molar-refractivity contribution < 1.29 is 24.3 Å².